The molecule has 23 heavy (non-hydrogen) atoms. The minimum Gasteiger partial charge on any atom is -0.465 e. The Morgan fingerprint density at radius 1 is 1.04 bits per heavy atom. The van der Waals surface area contributed by atoms with Crippen LogP contribution in [0, 0.1) is 0 Å². The zero-order chi connectivity index (χ0) is 16.7. The maximum atomic E-state index is 12.6. The number of halogens is 1. The number of carbonyl (C=O) groups is 2. The van der Waals surface area contributed by atoms with Crippen molar-refractivity contribution in [2.24, 2.45) is 0 Å². The van der Waals surface area contributed by atoms with Gasteiger partial charge in [0, 0.05) is 10.7 Å². The summed E-state index contributed by atoms with van der Waals surface area (Å²) >= 11 is 5.89. The SMILES string of the molecule is CCOC(=O)CN(C(=O)Cc1ccccc1)c1ccc(Cl)cc1. The Labute approximate surface area is 140 Å². The van der Waals surface area contributed by atoms with Gasteiger partial charge in [-0.3, -0.25) is 9.59 Å². The predicted octanol–water partition coefficient (Wildman–Crippen LogP) is 3.48. The van der Waals surface area contributed by atoms with Crippen molar-refractivity contribution < 1.29 is 14.3 Å². The maximum absolute atomic E-state index is 12.6. The predicted molar refractivity (Wildman–Crippen MR) is 90.6 cm³/mol. The molecular formula is C18H18ClNO3. The van der Waals surface area contributed by atoms with Crippen molar-refractivity contribution in [2.75, 3.05) is 18.1 Å². The summed E-state index contributed by atoms with van der Waals surface area (Å²) in [5.74, 6) is -0.615. The van der Waals surface area contributed by atoms with Gasteiger partial charge in [-0.2, -0.15) is 0 Å². The number of benzene rings is 2. The van der Waals surface area contributed by atoms with Gasteiger partial charge in [0.1, 0.15) is 6.54 Å². The topological polar surface area (TPSA) is 46.6 Å². The molecule has 0 heterocycles. The van der Waals surface area contributed by atoms with E-state index in [9.17, 15) is 9.59 Å². The smallest absolute Gasteiger partial charge is 0.326 e. The second-order valence-electron chi connectivity index (χ2n) is 4.92. The summed E-state index contributed by atoms with van der Waals surface area (Å²) in [5.41, 5.74) is 1.50. The van der Waals surface area contributed by atoms with Gasteiger partial charge >= 0.3 is 5.97 Å². The van der Waals surface area contributed by atoms with Gasteiger partial charge in [-0.05, 0) is 36.8 Å². The first-order valence-electron chi connectivity index (χ1n) is 7.35. The molecule has 0 spiro atoms. The second-order valence-corrected chi connectivity index (χ2v) is 5.36. The first-order chi connectivity index (χ1) is 11.1. The Morgan fingerprint density at radius 3 is 2.30 bits per heavy atom. The van der Waals surface area contributed by atoms with Crippen molar-refractivity contribution in [1.82, 2.24) is 0 Å². The summed E-state index contributed by atoms with van der Waals surface area (Å²) < 4.78 is 4.96. The van der Waals surface area contributed by atoms with Crippen molar-refractivity contribution in [1.29, 1.82) is 0 Å². The van der Waals surface area contributed by atoms with Crippen molar-refractivity contribution in [2.45, 2.75) is 13.3 Å². The molecule has 0 atom stereocenters. The lowest BCUT2D eigenvalue weighted by molar-refractivity contribution is -0.142. The zero-order valence-electron chi connectivity index (χ0n) is 12.9. The fourth-order valence-corrected chi connectivity index (χ4v) is 2.27. The van der Waals surface area contributed by atoms with Crippen LogP contribution in [-0.4, -0.2) is 25.0 Å². The van der Waals surface area contributed by atoms with Crippen LogP contribution in [0.25, 0.3) is 0 Å². The van der Waals surface area contributed by atoms with Gasteiger partial charge < -0.3 is 9.64 Å². The van der Waals surface area contributed by atoms with Gasteiger partial charge in [0.25, 0.3) is 0 Å². The van der Waals surface area contributed by atoms with Crippen LogP contribution in [0.3, 0.4) is 0 Å². The van der Waals surface area contributed by atoms with Crippen molar-refractivity contribution in [3.05, 3.63) is 65.2 Å². The molecule has 120 valence electrons. The molecule has 2 aromatic rings. The first kappa shape index (κ1) is 17.0. The van der Waals surface area contributed by atoms with E-state index in [1.165, 1.54) is 4.90 Å². The summed E-state index contributed by atoms with van der Waals surface area (Å²) in [7, 11) is 0. The van der Waals surface area contributed by atoms with Crippen LogP contribution in [0.2, 0.25) is 5.02 Å². The highest BCUT2D eigenvalue weighted by molar-refractivity contribution is 6.30. The molecule has 0 aliphatic carbocycles. The van der Waals surface area contributed by atoms with Gasteiger partial charge in [0.15, 0.2) is 0 Å². The molecule has 2 aromatic carbocycles. The van der Waals surface area contributed by atoms with Crippen molar-refractivity contribution in [3.8, 4) is 0 Å². The largest absolute Gasteiger partial charge is 0.465 e. The summed E-state index contributed by atoms with van der Waals surface area (Å²) in [6.07, 6.45) is 0.211. The normalized spacial score (nSPS) is 10.2. The third-order valence-corrected chi connectivity index (χ3v) is 3.48. The Morgan fingerprint density at radius 2 is 1.70 bits per heavy atom. The molecule has 0 saturated heterocycles. The first-order valence-corrected chi connectivity index (χ1v) is 7.73. The fraction of sp³-hybridized carbons (Fsp3) is 0.222. The summed E-state index contributed by atoms with van der Waals surface area (Å²) in [4.78, 5) is 25.8. The van der Waals surface area contributed by atoms with E-state index in [4.69, 9.17) is 16.3 Å². The molecule has 0 saturated carbocycles. The standard InChI is InChI=1S/C18H18ClNO3/c1-2-23-18(22)13-20(16-10-8-15(19)9-11-16)17(21)12-14-6-4-3-5-7-14/h3-11H,2,12-13H2,1H3. The van der Waals surface area contributed by atoms with Crippen LogP contribution in [-0.2, 0) is 20.7 Å². The van der Waals surface area contributed by atoms with Gasteiger partial charge in [0.2, 0.25) is 5.91 Å². The lowest BCUT2D eigenvalue weighted by atomic mass is 10.1. The Kier molecular flexibility index (Phi) is 6.18. The van der Waals surface area contributed by atoms with E-state index in [-0.39, 0.29) is 25.5 Å². The van der Waals surface area contributed by atoms with E-state index in [1.54, 1.807) is 31.2 Å². The number of ether oxygens (including phenoxy) is 1. The number of rotatable bonds is 6. The van der Waals surface area contributed by atoms with E-state index in [1.807, 2.05) is 30.3 Å². The van der Waals surface area contributed by atoms with E-state index in [0.29, 0.717) is 10.7 Å². The lowest BCUT2D eigenvalue weighted by Gasteiger charge is -2.22. The minimum absolute atomic E-state index is 0.124. The number of anilines is 1. The van der Waals surface area contributed by atoms with Crippen LogP contribution in [0.15, 0.2) is 54.6 Å². The van der Waals surface area contributed by atoms with Crippen LogP contribution < -0.4 is 4.90 Å². The van der Waals surface area contributed by atoms with Gasteiger partial charge in [0.05, 0.1) is 13.0 Å². The third kappa shape index (κ3) is 5.11. The molecule has 0 unspecified atom stereocenters. The molecule has 0 N–H and O–H groups in total. The fourth-order valence-electron chi connectivity index (χ4n) is 2.15. The molecule has 4 nitrogen and oxygen atoms in total. The van der Waals surface area contributed by atoms with E-state index >= 15 is 0 Å². The summed E-state index contributed by atoms with van der Waals surface area (Å²) in [6.45, 7) is 1.89. The molecule has 2 rings (SSSR count). The van der Waals surface area contributed by atoms with Crippen LogP contribution in [0.1, 0.15) is 12.5 Å². The van der Waals surface area contributed by atoms with Crippen LogP contribution >= 0.6 is 11.6 Å². The quantitative estimate of drug-likeness (QED) is 0.761. The monoisotopic (exact) mass is 331 g/mol. The highest BCUT2D eigenvalue weighted by Crippen LogP contribution is 2.19. The third-order valence-electron chi connectivity index (χ3n) is 3.23. The summed E-state index contributed by atoms with van der Waals surface area (Å²) in [5, 5.41) is 0.570. The summed E-state index contributed by atoms with van der Waals surface area (Å²) in [6, 6.07) is 16.2. The zero-order valence-corrected chi connectivity index (χ0v) is 13.6. The number of nitrogens with zero attached hydrogens (tertiary/aromatic N) is 1. The molecule has 5 heteroatoms. The average molecular weight is 332 g/mol. The number of hydrogen-bond donors (Lipinski definition) is 0. The van der Waals surface area contributed by atoms with Crippen LogP contribution in [0.5, 0.6) is 0 Å². The molecule has 0 aliphatic rings. The molecule has 0 aliphatic heterocycles. The highest BCUT2D eigenvalue weighted by Gasteiger charge is 2.20. The molecule has 0 bridgehead atoms. The van der Waals surface area contributed by atoms with E-state index in [0.717, 1.165) is 5.56 Å². The Balaban J connectivity index is 2.19. The second kappa shape index (κ2) is 8.34. The number of carbonyl (C=O) groups excluding carboxylic acids is 2. The highest BCUT2D eigenvalue weighted by atomic mass is 35.5. The van der Waals surface area contributed by atoms with Gasteiger partial charge in [-0.25, -0.2) is 0 Å². The number of esters is 1. The van der Waals surface area contributed by atoms with E-state index < -0.39 is 5.97 Å². The molecular weight excluding hydrogens is 314 g/mol. The molecule has 1 amide bonds. The van der Waals surface area contributed by atoms with Gasteiger partial charge in [-0.1, -0.05) is 41.9 Å². The van der Waals surface area contributed by atoms with Crippen molar-refractivity contribution in [3.63, 3.8) is 0 Å². The van der Waals surface area contributed by atoms with Crippen molar-refractivity contribution >= 4 is 29.2 Å². The molecule has 0 radical (unpaired) electrons. The average Bonchev–Trinajstić information content (AvgIpc) is 2.55. The number of amides is 1. The lowest BCUT2D eigenvalue weighted by Crippen LogP contribution is -2.37. The Hall–Kier alpha value is -2.33. The Bertz CT molecular complexity index is 656. The molecule has 0 fully saturated rings. The minimum atomic E-state index is -0.441. The van der Waals surface area contributed by atoms with E-state index in [2.05, 4.69) is 0 Å². The molecule has 0 aromatic heterocycles. The van der Waals surface area contributed by atoms with Crippen LogP contribution in [0.4, 0.5) is 5.69 Å². The van der Waals surface area contributed by atoms with Gasteiger partial charge in [-0.15, -0.1) is 0 Å². The maximum Gasteiger partial charge on any atom is 0.326 e. The number of hydrogen-bond acceptors (Lipinski definition) is 3.